The van der Waals surface area contributed by atoms with Gasteiger partial charge in [0.2, 0.25) is 0 Å². The van der Waals surface area contributed by atoms with E-state index in [2.05, 4.69) is 11.1 Å². The SMILES string of the molecule is C[C@]12CCC(=O)C=C1CC[C@@H]1[C@@H]2C(=O)C[C@@]2(C)[C@H]1CC[C@]2(O)C(=O)COS(C)(=O)=O. The van der Waals surface area contributed by atoms with Crippen LogP contribution in [0.15, 0.2) is 11.6 Å². The van der Waals surface area contributed by atoms with E-state index in [0.717, 1.165) is 24.7 Å². The zero-order valence-electron chi connectivity index (χ0n) is 17.8. The van der Waals surface area contributed by atoms with E-state index in [1.54, 1.807) is 13.0 Å². The van der Waals surface area contributed by atoms with Crippen LogP contribution in [0.3, 0.4) is 0 Å². The van der Waals surface area contributed by atoms with Crippen LogP contribution in [0.2, 0.25) is 0 Å². The van der Waals surface area contributed by atoms with Gasteiger partial charge in [-0.15, -0.1) is 0 Å². The van der Waals surface area contributed by atoms with Crippen LogP contribution in [0, 0.1) is 28.6 Å². The molecule has 3 fully saturated rings. The lowest BCUT2D eigenvalue weighted by molar-refractivity contribution is -0.170. The summed E-state index contributed by atoms with van der Waals surface area (Å²) in [5.41, 5.74) is -1.98. The molecule has 0 aromatic heterocycles. The Morgan fingerprint density at radius 3 is 2.57 bits per heavy atom. The van der Waals surface area contributed by atoms with Crippen LogP contribution in [0.5, 0.6) is 0 Å². The van der Waals surface area contributed by atoms with Crippen LogP contribution in [0.1, 0.15) is 58.8 Å². The Morgan fingerprint density at radius 1 is 1.20 bits per heavy atom. The zero-order valence-corrected chi connectivity index (χ0v) is 18.6. The molecule has 8 heteroatoms. The van der Waals surface area contributed by atoms with Crippen LogP contribution >= 0.6 is 0 Å². The molecular formula is C22H30O7S. The van der Waals surface area contributed by atoms with E-state index >= 15 is 0 Å². The van der Waals surface area contributed by atoms with E-state index in [-0.39, 0.29) is 47.6 Å². The van der Waals surface area contributed by atoms with E-state index in [4.69, 9.17) is 0 Å². The molecular weight excluding hydrogens is 408 g/mol. The zero-order chi connectivity index (χ0) is 22.1. The minimum absolute atomic E-state index is 0.0108. The van der Waals surface area contributed by atoms with E-state index < -0.39 is 33.5 Å². The fourth-order valence-corrected chi connectivity index (χ4v) is 7.45. The van der Waals surface area contributed by atoms with Gasteiger partial charge in [0.05, 0.1) is 6.26 Å². The van der Waals surface area contributed by atoms with E-state index in [0.29, 0.717) is 19.3 Å². The molecule has 0 unspecified atom stereocenters. The molecule has 0 aromatic carbocycles. The second kappa shape index (κ2) is 6.81. The number of rotatable bonds is 4. The third kappa shape index (κ3) is 3.06. The van der Waals surface area contributed by atoms with Crippen molar-refractivity contribution in [3.05, 3.63) is 11.6 Å². The Bertz CT molecular complexity index is 951. The van der Waals surface area contributed by atoms with Gasteiger partial charge in [-0.2, -0.15) is 8.42 Å². The molecule has 3 saturated carbocycles. The summed E-state index contributed by atoms with van der Waals surface area (Å²) < 4.78 is 27.3. The van der Waals surface area contributed by atoms with Crippen LogP contribution in [-0.2, 0) is 28.7 Å². The fraction of sp³-hybridized carbons (Fsp3) is 0.773. The van der Waals surface area contributed by atoms with Crippen LogP contribution in [-0.4, -0.2) is 49.3 Å². The summed E-state index contributed by atoms with van der Waals surface area (Å²) in [6, 6.07) is 0. The average Bonchev–Trinajstić information content (AvgIpc) is 2.91. The predicted molar refractivity (Wildman–Crippen MR) is 108 cm³/mol. The lowest BCUT2D eigenvalue weighted by Gasteiger charge is -2.57. The summed E-state index contributed by atoms with van der Waals surface area (Å²) in [5.74, 6) is -0.671. The number of carbonyl (C=O) groups is 3. The van der Waals surface area contributed by atoms with Gasteiger partial charge < -0.3 is 5.11 Å². The van der Waals surface area contributed by atoms with Crippen molar-refractivity contribution in [3.63, 3.8) is 0 Å². The molecule has 4 aliphatic rings. The number of allylic oxidation sites excluding steroid dienone is 1. The first-order chi connectivity index (χ1) is 13.8. The first-order valence-corrected chi connectivity index (χ1v) is 12.5. The lowest BCUT2D eigenvalue weighted by atomic mass is 9.46. The molecule has 30 heavy (non-hydrogen) atoms. The van der Waals surface area contributed by atoms with Gasteiger partial charge in [0.15, 0.2) is 11.6 Å². The number of ketones is 3. The van der Waals surface area contributed by atoms with Gasteiger partial charge in [-0.1, -0.05) is 19.4 Å². The summed E-state index contributed by atoms with van der Waals surface area (Å²) in [7, 11) is -3.81. The number of Topliss-reactive ketones (excluding diaryl/α,β-unsaturated/α-hetero) is 2. The number of aliphatic hydroxyl groups is 1. The van der Waals surface area contributed by atoms with Crippen molar-refractivity contribution in [2.45, 2.75) is 64.4 Å². The Kier molecular flexibility index (Phi) is 4.96. The van der Waals surface area contributed by atoms with Crippen molar-refractivity contribution >= 4 is 27.5 Å². The molecule has 0 amide bonds. The standard InChI is InChI=1S/C22H30O7S/c1-20-8-6-14(23)10-13(20)4-5-15-16-7-9-22(26,18(25)12-29-30(3,27)28)21(16,2)11-17(24)19(15)20/h10,15-16,19,26H,4-9,11-12H2,1-3H3/t15-,16-,19+,20-,21-,22-/m0/s1. The molecule has 4 aliphatic carbocycles. The van der Waals surface area contributed by atoms with E-state index in [1.807, 2.05) is 0 Å². The van der Waals surface area contributed by atoms with Crippen molar-refractivity contribution in [2.75, 3.05) is 12.9 Å². The van der Waals surface area contributed by atoms with Crippen molar-refractivity contribution in [3.8, 4) is 0 Å². The third-order valence-corrected chi connectivity index (χ3v) is 9.22. The Labute approximate surface area is 177 Å². The summed E-state index contributed by atoms with van der Waals surface area (Å²) in [5, 5.41) is 11.4. The van der Waals surface area contributed by atoms with Crippen molar-refractivity contribution in [1.29, 1.82) is 0 Å². The highest BCUT2D eigenvalue weighted by atomic mass is 32.2. The Hall–Kier alpha value is -1.38. The molecule has 0 aliphatic heterocycles. The fourth-order valence-electron chi connectivity index (χ4n) is 7.13. The van der Waals surface area contributed by atoms with E-state index in [9.17, 15) is 27.9 Å². The van der Waals surface area contributed by atoms with Gasteiger partial charge in [0.25, 0.3) is 10.1 Å². The molecule has 0 aromatic rings. The van der Waals surface area contributed by atoms with Gasteiger partial charge in [-0.05, 0) is 55.4 Å². The predicted octanol–water partition coefficient (Wildman–Crippen LogP) is 1.97. The van der Waals surface area contributed by atoms with Crippen molar-refractivity contribution in [2.24, 2.45) is 28.6 Å². The maximum atomic E-state index is 13.5. The maximum Gasteiger partial charge on any atom is 0.264 e. The van der Waals surface area contributed by atoms with Crippen LogP contribution < -0.4 is 0 Å². The maximum absolute atomic E-state index is 13.5. The largest absolute Gasteiger partial charge is 0.381 e. The Balaban J connectivity index is 1.66. The molecule has 0 heterocycles. The number of hydrogen-bond acceptors (Lipinski definition) is 7. The molecule has 1 N–H and O–H groups in total. The molecule has 6 atom stereocenters. The highest BCUT2D eigenvalue weighted by Crippen LogP contribution is 2.66. The minimum atomic E-state index is -3.81. The van der Waals surface area contributed by atoms with Crippen molar-refractivity contribution < 1.29 is 32.1 Å². The van der Waals surface area contributed by atoms with Gasteiger partial charge in [-0.25, -0.2) is 0 Å². The second-order valence-electron chi connectivity index (χ2n) is 10.2. The third-order valence-electron chi connectivity index (χ3n) is 8.67. The number of fused-ring (bicyclic) bond motifs is 5. The van der Waals surface area contributed by atoms with Gasteiger partial charge in [0, 0.05) is 24.2 Å². The Morgan fingerprint density at radius 2 is 1.90 bits per heavy atom. The highest BCUT2D eigenvalue weighted by molar-refractivity contribution is 7.86. The molecule has 0 spiro atoms. The lowest BCUT2D eigenvalue weighted by Crippen LogP contribution is -2.61. The minimum Gasteiger partial charge on any atom is -0.381 e. The summed E-state index contributed by atoms with van der Waals surface area (Å²) >= 11 is 0. The van der Waals surface area contributed by atoms with E-state index in [1.165, 1.54) is 0 Å². The summed E-state index contributed by atoms with van der Waals surface area (Å²) in [6.45, 7) is 3.18. The van der Waals surface area contributed by atoms with Gasteiger partial charge >= 0.3 is 0 Å². The molecule has 7 nitrogen and oxygen atoms in total. The summed E-state index contributed by atoms with van der Waals surface area (Å²) in [4.78, 5) is 38.3. The monoisotopic (exact) mass is 438 g/mol. The van der Waals surface area contributed by atoms with Crippen LogP contribution in [0.25, 0.3) is 0 Å². The summed E-state index contributed by atoms with van der Waals surface area (Å²) in [6.07, 6.45) is 6.12. The average molecular weight is 439 g/mol. The molecule has 4 rings (SSSR count). The molecule has 0 saturated heterocycles. The first kappa shape index (κ1) is 21.8. The van der Waals surface area contributed by atoms with Crippen LogP contribution in [0.4, 0.5) is 0 Å². The second-order valence-corrected chi connectivity index (χ2v) is 11.8. The van der Waals surface area contributed by atoms with Gasteiger partial charge in [0.1, 0.15) is 18.0 Å². The highest BCUT2D eigenvalue weighted by Gasteiger charge is 2.68. The number of hydrogen-bond donors (Lipinski definition) is 1. The van der Waals surface area contributed by atoms with Gasteiger partial charge in [-0.3, -0.25) is 18.6 Å². The first-order valence-electron chi connectivity index (χ1n) is 10.7. The quantitative estimate of drug-likeness (QED) is 0.667. The topological polar surface area (TPSA) is 115 Å². The normalized spacial score (nSPS) is 43.5. The van der Waals surface area contributed by atoms with Crippen molar-refractivity contribution in [1.82, 2.24) is 0 Å². The smallest absolute Gasteiger partial charge is 0.264 e. The molecule has 0 bridgehead atoms. The molecule has 0 radical (unpaired) electrons. The molecule has 166 valence electrons. The number of carbonyl (C=O) groups excluding carboxylic acids is 3.